The second kappa shape index (κ2) is 5.14. The minimum absolute atomic E-state index is 0.828. The fourth-order valence-electron chi connectivity index (χ4n) is 2.36. The highest BCUT2D eigenvalue weighted by Gasteiger charge is 2.02. The largest absolute Gasteiger partial charge is 0.379 e. The van der Waals surface area contributed by atoms with E-state index < -0.39 is 0 Å². The number of pyridine rings is 1. The SMILES string of the molecule is CCn1cccc1CNc1cccc2ncccc12. The Labute approximate surface area is 112 Å². The zero-order chi connectivity index (χ0) is 13.1. The number of hydrogen-bond donors (Lipinski definition) is 1. The van der Waals surface area contributed by atoms with Gasteiger partial charge in [-0.25, -0.2) is 0 Å². The highest BCUT2D eigenvalue weighted by Crippen LogP contribution is 2.21. The van der Waals surface area contributed by atoms with Crippen molar-refractivity contribution in [2.75, 3.05) is 5.32 Å². The van der Waals surface area contributed by atoms with E-state index in [1.807, 2.05) is 24.4 Å². The normalized spacial score (nSPS) is 10.8. The summed E-state index contributed by atoms with van der Waals surface area (Å²) in [6.45, 7) is 3.99. The number of aromatic nitrogens is 2. The van der Waals surface area contributed by atoms with Crippen molar-refractivity contribution >= 4 is 16.6 Å². The average molecular weight is 251 g/mol. The summed E-state index contributed by atoms with van der Waals surface area (Å²) in [6.07, 6.45) is 3.94. The van der Waals surface area contributed by atoms with Gasteiger partial charge in [-0.2, -0.15) is 0 Å². The van der Waals surface area contributed by atoms with Crippen LogP contribution in [0.2, 0.25) is 0 Å². The molecule has 0 atom stereocenters. The number of benzene rings is 1. The Morgan fingerprint density at radius 3 is 2.95 bits per heavy atom. The van der Waals surface area contributed by atoms with Crippen molar-refractivity contribution in [3.63, 3.8) is 0 Å². The maximum absolute atomic E-state index is 4.38. The number of aryl methyl sites for hydroxylation is 1. The van der Waals surface area contributed by atoms with Crippen molar-refractivity contribution in [2.45, 2.75) is 20.0 Å². The lowest BCUT2D eigenvalue weighted by Crippen LogP contribution is -2.06. The second-order valence-corrected chi connectivity index (χ2v) is 4.51. The van der Waals surface area contributed by atoms with Crippen LogP contribution in [0, 0.1) is 0 Å². The molecule has 0 aliphatic carbocycles. The van der Waals surface area contributed by atoms with Crippen LogP contribution < -0.4 is 5.32 Å². The van der Waals surface area contributed by atoms with Crippen LogP contribution in [-0.4, -0.2) is 9.55 Å². The van der Waals surface area contributed by atoms with Crippen molar-refractivity contribution < 1.29 is 0 Å². The zero-order valence-corrected chi connectivity index (χ0v) is 11.0. The molecule has 0 fully saturated rings. The van der Waals surface area contributed by atoms with E-state index in [0.717, 1.165) is 24.3 Å². The standard InChI is InChI=1S/C16H17N3/c1-2-19-11-5-6-13(19)12-18-16-9-3-8-15-14(16)7-4-10-17-15/h3-11,18H,2,12H2,1H3. The third-order valence-corrected chi connectivity index (χ3v) is 3.37. The molecule has 3 aromatic rings. The molecule has 1 N–H and O–H groups in total. The average Bonchev–Trinajstić information content (AvgIpc) is 2.92. The zero-order valence-electron chi connectivity index (χ0n) is 11.0. The Morgan fingerprint density at radius 1 is 1.11 bits per heavy atom. The monoisotopic (exact) mass is 251 g/mol. The van der Waals surface area contributed by atoms with Gasteiger partial charge in [-0.15, -0.1) is 0 Å². The fourth-order valence-corrected chi connectivity index (χ4v) is 2.36. The predicted molar refractivity (Wildman–Crippen MR) is 79.2 cm³/mol. The second-order valence-electron chi connectivity index (χ2n) is 4.51. The third-order valence-electron chi connectivity index (χ3n) is 3.37. The molecule has 0 bridgehead atoms. The van der Waals surface area contributed by atoms with Gasteiger partial charge in [0.1, 0.15) is 0 Å². The summed E-state index contributed by atoms with van der Waals surface area (Å²) in [5, 5.41) is 4.67. The molecule has 3 heteroatoms. The highest BCUT2D eigenvalue weighted by atomic mass is 15.0. The van der Waals surface area contributed by atoms with Gasteiger partial charge < -0.3 is 9.88 Å². The maximum atomic E-state index is 4.38. The van der Waals surface area contributed by atoms with Crippen LogP contribution in [0.3, 0.4) is 0 Å². The molecule has 0 radical (unpaired) electrons. The summed E-state index contributed by atoms with van der Waals surface area (Å²) in [5.74, 6) is 0. The molecule has 2 aromatic heterocycles. The van der Waals surface area contributed by atoms with Gasteiger partial charge in [-0.05, 0) is 43.3 Å². The third kappa shape index (κ3) is 2.32. The number of nitrogens with one attached hydrogen (secondary N) is 1. The molecule has 0 aliphatic rings. The van der Waals surface area contributed by atoms with E-state index in [1.54, 1.807) is 0 Å². The summed E-state index contributed by atoms with van der Waals surface area (Å²) in [6, 6.07) is 14.5. The van der Waals surface area contributed by atoms with E-state index >= 15 is 0 Å². The lowest BCUT2D eigenvalue weighted by molar-refractivity contribution is 0.724. The molecule has 0 spiro atoms. The van der Waals surface area contributed by atoms with E-state index in [-0.39, 0.29) is 0 Å². The molecule has 0 amide bonds. The molecular weight excluding hydrogens is 234 g/mol. The lowest BCUT2D eigenvalue weighted by Gasteiger charge is -2.11. The molecule has 1 aromatic carbocycles. The molecule has 0 saturated carbocycles. The summed E-state index contributed by atoms with van der Waals surface area (Å²) in [4.78, 5) is 4.38. The Kier molecular flexibility index (Phi) is 3.19. The summed E-state index contributed by atoms with van der Waals surface area (Å²) < 4.78 is 2.25. The molecule has 19 heavy (non-hydrogen) atoms. The molecule has 3 rings (SSSR count). The summed E-state index contributed by atoms with van der Waals surface area (Å²) in [5.41, 5.74) is 3.45. The van der Waals surface area contributed by atoms with Gasteiger partial charge >= 0.3 is 0 Å². The topological polar surface area (TPSA) is 29.9 Å². The molecule has 2 heterocycles. The van der Waals surface area contributed by atoms with Crippen LogP contribution in [-0.2, 0) is 13.1 Å². The van der Waals surface area contributed by atoms with Crippen LogP contribution in [0.5, 0.6) is 0 Å². The van der Waals surface area contributed by atoms with Gasteiger partial charge in [-0.3, -0.25) is 4.98 Å². The number of nitrogens with zero attached hydrogens (tertiary/aromatic N) is 2. The van der Waals surface area contributed by atoms with Crippen LogP contribution >= 0.6 is 0 Å². The highest BCUT2D eigenvalue weighted by molar-refractivity contribution is 5.91. The van der Waals surface area contributed by atoms with Crippen LogP contribution in [0.25, 0.3) is 10.9 Å². The number of rotatable bonds is 4. The van der Waals surface area contributed by atoms with Gasteiger partial charge in [-0.1, -0.05) is 6.07 Å². The number of fused-ring (bicyclic) bond motifs is 1. The van der Waals surface area contributed by atoms with Crippen LogP contribution in [0.15, 0.2) is 54.9 Å². The minimum atomic E-state index is 0.828. The van der Waals surface area contributed by atoms with Crippen molar-refractivity contribution in [2.24, 2.45) is 0 Å². The Hall–Kier alpha value is -2.29. The van der Waals surface area contributed by atoms with Gasteiger partial charge in [0.15, 0.2) is 0 Å². The minimum Gasteiger partial charge on any atom is -0.379 e. The molecule has 0 saturated heterocycles. The van der Waals surface area contributed by atoms with Gasteiger partial charge in [0.2, 0.25) is 0 Å². The van der Waals surface area contributed by atoms with Crippen molar-refractivity contribution in [1.82, 2.24) is 9.55 Å². The molecule has 96 valence electrons. The van der Waals surface area contributed by atoms with Crippen molar-refractivity contribution in [1.29, 1.82) is 0 Å². The van der Waals surface area contributed by atoms with E-state index in [2.05, 4.69) is 52.3 Å². The van der Waals surface area contributed by atoms with Gasteiger partial charge in [0.25, 0.3) is 0 Å². The van der Waals surface area contributed by atoms with E-state index in [9.17, 15) is 0 Å². The first-order valence-electron chi connectivity index (χ1n) is 6.60. The fraction of sp³-hybridized carbons (Fsp3) is 0.188. The molecule has 3 nitrogen and oxygen atoms in total. The Bertz CT molecular complexity index is 680. The quantitative estimate of drug-likeness (QED) is 0.766. The Morgan fingerprint density at radius 2 is 2.05 bits per heavy atom. The Balaban J connectivity index is 1.86. The molecule has 0 aliphatic heterocycles. The smallest absolute Gasteiger partial charge is 0.0722 e. The van der Waals surface area contributed by atoms with Gasteiger partial charge in [0, 0.05) is 35.7 Å². The summed E-state index contributed by atoms with van der Waals surface area (Å²) >= 11 is 0. The van der Waals surface area contributed by atoms with Gasteiger partial charge in [0.05, 0.1) is 12.1 Å². The first-order valence-corrected chi connectivity index (χ1v) is 6.60. The van der Waals surface area contributed by atoms with Crippen LogP contribution in [0.1, 0.15) is 12.6 Å². The van der Waals surface area contributed by atoms with Crippen molar-refractivity contribution in [3.8, 4) is 0 Å². The van der Waals surface area contributed by atoms with Crippen molar-refractivity contribution in [3.05, 3.63) is 60.6 Å². The first kappa shape index (κ1) is 11.8. The first-order chi connectivity index (χ1) is 9.38. The summed E-state index contributed by atoms with van der Waals surface area (Å²) in [7, 11) is 0. The molecular formula is C16H17N3. The van der Waals surface area contributed by atoms with E-state index in [4.69, 9.17) is 0 Å². The number of anilines is 1. The van der Waals surface area contributed by atoms with Crippen LogP contribution in [0.4, 0.5) is 5.69 Å². The number of hydrogen-bond acceptors (Lipinski definition) is 2. The van der Waals surface area contributed by atoms with E-state index in [1.165, 1.54) is 11.1 Å². The predicted octanol–water partition coefficient (Wildman–Crippen LogP) is 3.67. The lowest BCUT2D eigenvalue weighted by atomic mass is 10.2. The molecule has 0 unspecified atom stereocenters. The maximum Gasteiger partial charge on any atom is 0.0722 e. The van der Waals surface area contributed by atoms with E-state index in [0.29, 0.717) is 0 Å².